The molecule has 0 rings (SSSR count). The maximum Gasteiger partial charge on any atom is 0.138 e. The number of hydrogen-bond acceptors (Lipinski definition) is 2. The van der Waals surface area contributed by atoms with Crippen molar-refractivity contribution < 1.29 is 42.3 Å². The van der Waals surface area contributed by atoms with Gasteiger partial charge in [-0.25, -0.2) is 0 Å². The second-order valence-electron chi connectivity index (χ2n) is 5.82. The minimum Gasteiger partial charge on any atom is -0.343 e. The van der Waals surface area contributed by atoms with Gasteiger partial charge in [0.25, 0.3) is 0 Å². The Morgan fingerprint density at radius 1 is 1.00 bits per heavy atom. The Morgan fingerprint density at radius 3 is 1.67 bits per heavy atom. The molecule has 0 atom stereocenters. The van der Waals surface area contributed by atoms with Gasteiger partial charge in [-0.1, -0.05) is 20.8 Å². The molecule has 0 aromatic heterocycles. The molecule has 0 aliphatic rings. The Balaban J connectivity index is -0.000000392. The van der Waals surface area contributed by atoms with Crippen LogP contribution in [0, 0.1) is 18.3 Å². The van der Waals surface area contributed by atoms with Gasteiger partial charge in [0, 0.05) is 51.0 Å². The predicted molar refractivity (Wildman–Crippen MR) is 73.6 cm³/mol. The van der Waals surface area contributed by atoms with Crippen LogP contribution in [0.1, 0.15) is 67.2 Å². The third kappa shape index (κ3) is 18.8. The van der Waals surface area contributed by atoms with Crippen molar-refractivity contribution >= 4 is 11.6 Å². The van der Waals surface area contributed by atoms with Crippen molar-refractivity contribution in [2.24, 2.45) is 5.41 Å². The van der Waals surface area contributed by atoms with E-state index in [4.69, 9.17) is 0 Å². The minimum atomic E-state index is -0.315. The largest absolute Gasteiger partial charge is 0.343 e. The molecule has 0 aliphatic heterocycles. The van der Waals surface area contributed by atoms with Crippen molar-refractivity contribution in [2.45, 2.75) is 67.2 Å². The van der Waals surface area contributed by atoms with Crippen molar-refractivity contribution in [1.82, 2.24) is 0 Å². The molecule has 0 aliphatic carbocycles. The molecule has 0 bridgehead atoms. The van der Waals surface area contributed by atoms with Crippen molar-refractivity contribution in [3.05, 3.63) is 12.8 Å². The van der Waals surface area contributed by atoms with Crippen molar-refractivity contribution in [3.8, 4) is 0 Å². The molecule has 0 heterocycles. The van der Waals surface area contributed by atoms with Crippen LogP contribution in [0.25, 0.3) is 0 Å². The van der Waals surface area contributed by atoms with Crippen LogP contribution in [0.3, 0.4) is 0 Å². The molecule has 105 valence electrons. The first kappa shape index (κ1) is 23.5. The van der Waals surface area contributed by atoms with Gasteiger partial charge in [0.1, 0.15) is 11.6 Å². The molecule has 18 heavy (non-hydrogen) atoms. The fraction of sp³-hybridized carbons (Fsp3) is 0.733. The molecular weight excluding hydrogens is 301 g/mol. The van der Waals surface area contributed by atoms with Crippen LogP contribution in [0.2, 0.25) is 0 Å². The van der Waals surface area contributed by atoms with E-state index < -0.39 is 0 Å². The SMILES string of the molecule is C[C-](C)C.[CH2-]CCC(=O)CCC(=O)C(C)(C)C.[Y]. The minimum absolute atomic E-state index is 0. The van der Waals surface area contributed by atoms with Crippen LogP contribution >= 0.6 is 0 Å². The Morgan fingerprint density at radius 2 is 1.39 bits per heavy atom. The molecule has 0 spiro atoms. The first-order valence-electron chi connectivity index (χ1n) is 6.22. The van der Waals surface area contributed by atoms with Crippen LogP contribution in [-0.2, 0) is 42.3 Å². The van der Waals surface area contributed by atoms with Gasteiger partial charge in [-0.15, -0.1) is 0 Å². The fourth-order valence-corrected chi connectivity index (χ4v) is 0.950. The van der Waals surface area contributed by atoms with Crippen LogP contribution in [-0.4, -0.2) is 11.6 Å². The molecule has 0 saturated heterocycles. The molecule has 1 radical (unpaired) electrons. The molecule has 0 aromatic rings. The molecule has 0 N–H and O–H groups in total. The number of carbonyl (C=O) groups excluding carboxylic acids is 2. The topological polar surface area (TPSA) is 34.1 Å². The van der Waals surface area contributed by atoms with Crippen molar-refractivity contribution in [3.63, 3.8) is 0 Å². The monoisotopic (exact) mass is 329 g/mol. The van der Waals surface area contributed by atoms with Gasteiger partial charge in [0.15, 0.2) is 0 Å². The van der Waals surface area contributed by atoms with E-state index in [9.17, 15) is 9.59 Å². The van der Waals surface area contributed by atoms with Gasteiger partial charge in [-0.05, 0) is 6.42 Å². The summed E-state index contributed by atoms with van der Waals surface area (Å²) in [7, 11) is 0. The normalized spacial score (nSPS) is 10.2. The molecule has 0 amide bonds. The van der Waals surface area contributed by atoms with E-state index in [1.54, 1.807) is 0 Å². The third-order valence-corrected chi connectivity index (χ3v) is 1.92. The van der Waals surface area contributed by atoms with Crippen LogP contribution in [0.4, 0.5) is 0 Å². The smallest absolute Gasteiger partial charge is 0.138 e. The number of carbonyl (C=O) groups is 2. The van der Waals surface area contributed by atoms with E-state index >= 15 is 0 Å². The van der Waals surface area contributed by atoms with Crippen LogP contribution in [0.15, 0.2) is 0 Å². The van der Waals surface area contributed by atoms with Crippen LogP contribution < -0.4 is 0 Å². The Labute approximate surface area is 139 Å². The van der Waals surface area contributed by atoms with E-state index in [1.807, 2.05) is 20.8 Å². The van der Waals surface area contributed by atoms with Gasteiger partial charge < -0.3 is 12.8 Å². The van der Waals surface area contributed by atoms with Gasteiger partial charge in [-0.2, -0.15) is 27.2 Å². The summed E-state index contributed by atoms with van der Waals surface area (Å²) in [6, 6.07) is 0. The summed E-state index contributed by atoms with van der Waals surface area (Å²) >= 11 is 0. The Kier molecular flexibility index (Phi) is 16.3. The van der Waals surface area contributed by atoms with E-state index in [0.717, 1.165) is 0 Å². The molecule has 2 nitrogen and oxygen atoms in total. The maximum absolute atomic E-state index is 11.4. The third-order valence-electron chi connectivity index (χ3n) is 1.92. The number of ketones is 2. The van der Waals surface area contributed by atoms with E-state index in [2.05, 4.69) is 27.7 Å². The van der Waals surface area contributed by atoms with Crippen molar-refractivity contribution in [2.75, 3.05) is 0 Å². The first-order chi connectivity index (χ1) is 7.61. The zero-order valence-corrected chi connectivity index (χ0v) is 15.8. The van der Waals surface area contributed by atoms with Gasteiger partial charge >= 0.3 is 0 Å². The summed E-state index contributed by atoms with van der Waals surface area (Å²) in [5.41, 5.74) is -0.315. The van der Waals surface area contributed by atoms with Crippen molar-refractivity contribution in [1.29, 1.82) is 0 Å². The van der Waals surface area contributed by atoms with E-state index in [0.29, 0.717) is 25.7 Å². The Hall–Kier alpha value is 0.444. The van der Waals surface area contributed by atoms with Crippen LogP contribution in [0.5, 0.6) is 0 Å². The summed E-state index contributed by atoms with van der Waals surface area (Å²) < 4.78 is 0. The number of hydrogen-bond donors (Lipinski definition) is 0. The summed E-state index contributed by atoms with van der Waals surface area (Å²) in [5.74, 6) is 1.72. The first-order valence-corrected chi connectivity index (χ1v) is 6.22. The summed E-state index contributed by atoms with van der Waals surface area (Å²) in [4.78, 5) is 22.5. The molecular formula is C15H28O2Y-2. The second-order valence-corrected chi connectivity index (χ2v) is 5.82. The standard InChI is InChI=1S/C11H19O2.C4H9.Y/c1-5-6-9(12)7-8-10(13)11(2,3)4;1-4(2)3;/h1,5-8H2,2-4H3;1-3H3;/q2*-1;. The maximum atomic E-state index is 11.4. The second kappa shape index (κ2) is 12.5. The van der Waals surface area contributed by atoms with Gasteiger partial charge in [0.2, 0.25) is 0 Å². The summed E-state index contributed by atoms with van der Waals surface area (Å²) in [5, 5.41) is 0. The summed E-state index contributed by atoms with van der Waals surface area (Å²) in [6.45, 7) is 15.5. The zero-order valence-electron chi connectivity index (χ0n) is 12.9. The van der Waals surface area contributed by atoms with E-state index in [1.165, 1.54) is 5.92 Å². The zero-order chi connectivity index (χ0) is 14.1. The van der Waals surface area contributed by atoms with Gasteiger partial charge in [-0.3, -0.25) is 9.59 Å². The van der Waals surface area contributed by atoms with Gasteiger partial charge in [0.05, 0.1) is 0 Å². The predicted octanol–water partition coefficient (Wildman–Crippen LogP) is 4.18. The Bertz CT molecular complexity index is 224. The molecule has 0 unspecified atom stereocenters. The molecule has 0 aromatic carbocycles. The average molecular weight is 329 g/mol. The molecule has 0 fully saturated rings. The quantitative estimate of drug-likeness (QED) is 0.709. The summed E-state index contributed by atoms with van der Waals surface area (Å²) in [6.07, 6.45) is 1.88. The number of rotatable bonds is 5. The van der Waals surface area contributed by atoms with E-state index in [-0.39, 0.29) is 49.7 Å². The molecule has 0 saturated carbocycles. The fourth-order valence-electron chi connectivity index (χ4n) is 0.950. The number of Topliss-reactive ketones (excluding diaryl/α,β-unsaturated/α-hetero) is 2. The average Bonchev–Trinajstić information content (AvgIpc) is 2.12. The molecule has 3 heteroatoms.